The zero-order valence-electron chi connectivity index (χ0n) is 24.7. The third-order valence-corrected chi connectivity index (χ3v) is 9.28. The molecule has 44 heavy (non-hydrogen) atoms. The van der Waals surface area contributed by atoms with Crippen molar-refractivity contribution in [2.75, 3.05) is 20.6 Å². The molecule has 3 aliphatic rings. The van der Waals surface area contributed by atoms with Gasteiger partial charge in [-0.1, -0.05) is 43.3 Å². The summed E-state index contributed by atoms with van der Waals surface area (Å²) in [5.41, 5.74) is -0.196. The first-order valence-electron chi connectivity index (χ1n) is 13.9. The smallest absolute Gasteiger partial charge is 0.447 e. The molecule has 2 fully saturated rings. The Morgan fingerprint density at radius 3 is 2.05 bits per heavy atom. The van der Waals surface area contributed by atoms with Crippen LogP contribution in [0.3, 0.4) is 0 Å². The van der Waals surface area contributed by atoms with Crippen LogP contribution in [-0.2, 0) is 28.0 Å². The molecule has 15 heteroatoms. The molecule has 2 N–H and O–H groups in total. The molecule has 0 spiro atoms. The number of β-lactam (4-membered cyclic amide) rings is 1. The molecule has 5 rings (SSSR count). The predicted molar refractivity (Wildman–Crippen MR) is 169 cm³/mol. The summed E-state index contributed by atoms with van der Waals surface area (Å²) in [6.07, 6.45) is -0.0955. The fraction of sp³-hybridized carbons (Fsp3) is 0.414. The minimum atomic E-state index is -4.40. The van der Waals surface area contributed by atoms with Crippen molar-refractivity contribution in [1.82, 2.24) is 15.1 Å². The van der Waals surface area contributed by atoms with Gasteiger partial charge in [-0.15, -0.1) is 0 Å². The van der Waals surface area contributed by atoms with Gasteiger partial charge in [-0.05, 0) is 37.6 Å². The number of fused-ring (bicyclic) bond motifs is 1. The number of nitrogens with one attached hydrogen (secondary N) is 1. The van der Waals surface area contributed by atoms with Crippen molar-refractivity contribution in [2.45, 2.75) is 43.7 Å². The molecule has 0 aliphatic carbocycles. The number of carbonyl (C=O) groups is 3. The van der Waals surface area contributed by atoms with Crippen molar-refractivity contribution in [1.29, 1.82) is 0 Å². The van der Waals surface area contributed by atoms with Crippen molar-refractivity contribution in [3.63, 3.8) is 0 Å². The van der Waals surface area contributed by atoms with Crippen LogP contribution >= 0.6 is 29.9 Å². The van der Waals surface area contributed by atoms with Crippen molar-refractivity contribution in [3.05, 3.63) is 72.1 Å². The zero-order valence-corrected chi connectivity index (χ0v) is 27.7. The lowest BCUT2D eigenvalue weighted by molar-refractivity contribution is -0.162. The quantitative estimate of drug-likeness (QED) is 0.207. The summed E-state index contributed by atoms with van der Waals surface area (Å²) in [7, 11) is 0.970. The van der Waals surface area contributed by atoms with E-state index in [1.54, 1.807) is 86.6 Å². The molecule has 0 bridgehead atoms. The van der Waals surface area contributed by atoms with Gasteiger partial charge in [0, 0.05) is 31.8 Å². The second kappa shape index (κ2) is 14.3. The summed E-state index contributed by atoms with van der Waals surface area (Å²) >= 11 is 4.28. The second-order valence-electron chi connectivity index (χ2n) is 10.8. The Bertz CT molecular complexity index is 1380. The lowest BCUT2D eigenvalue weighted by Gasteiger charge is -2.46. The van der Waals surface area contributed by atoms with Crippen LogP contribution in [0.5, 0.6) is 11.5 Å². The largest absolute Gasteiger partial charge is 0.646 e. The van der Waals surface area contributed by atoms with Crippen LogP contribution in [0.4, 0.5) is 0 Å². The van der Waals surface area contributed by atoms with Gasteiger partial charge in [0.25, 0.3) is 0 Å². The molecule has 7 unspecified atom stereocenters. The monoisotopic (exact) mass is 665 g/mol. The molecular weight excluding hydrogens is 628 g/mol. The van der Waals surface area contributed by atoms with Crippen molar-refractivity contribution in [2.24, 2.45) is 11.8 Å². The average Bonchev–Trinajstić information content (AvgIpc) is 3.52. The molecule has 2 aromatic carbocycles. The molecule has 2 saturated heterocycles. The number of likely N-dealkylation sites (N-methyl/N-ethyl adjacent to an activating group) is 1. The van der Waals surface area contributed by atoms with E-state index in [-0.39, 0.29) is 34.9 Å². The van der Waals surface area contributed by atoms with Crippen LogP contribution in [-0.4, -0.2) is 76.8 Å². The Hall–Kier alpha value is -3.08. The summed E-state index contributed by atoms with van der Waals surface area (Å²) < 4.78 is 35.7. The Kier molecular flexibility index (Phi) is 11.0. The summed E-state index contributed by atoms with van der Waals surface area (Å²) in [5, 5.41) is 13.5. The number of thiol groups is 1. The Morgan fingerprint density at radius 2 is 1.61 bits per heavy atom. The highest BCUT2D eigenvalue weighted by atomic mass is 32.1. The summed E-state index contributed by atoms with van der Waals surface area (Å²) in [5.74, 6) is -2.12. The molecule has 7 atom stereocenters. The second-order valence-corrected chi connectivity index (χ2v) is 13.2. The summed E-state index contributed by atoms with van der Waals surface area (Å²) in [6, 6.07) is 16.0. The van der Waals surface area contributed by atoms with Crippen molar-refractivity contribution >= 4 is 47.7 Å². The minimum Gasteiger partial charge on any atom is -0.447 e. The summed E-state index contributed by atoms with van der Waals surface area (Å²) in [4.78, 5) is 39.4. The molecule has 0 radical (unpaired) electrons. The number of para-hydroxylation sites is 2. The topological polar surface area (TPSA) is 144 Å². The molecule has 0 aromatic heterocycles. The molecule has 238 valence electrons. The number of hydrogen-bond acceptors (Lipinski definition) is 11. The maximum Gasteiger partial charge on any atom is 0.646 e. The van der Waals surface area contributed by atoms with E-state index < -0.39 is 43.7 Å². The highest BCUT2D eigenvalue weighted by molar-refractivity contribution is 7.81. The van der Waals surface area contributed by atoms with Gasteiger partial charge in [0.05, 0.1) is 33.6 Å². The number of rotatable bonds is 9. The SMILES string of the molecule is CC(O)C1C(=O)N2C(C(=O)OP)=C(OP(=O)(Oc3ccccc3)Oc3ccccc3)C(C)C12.CN(C)C(=O)C1CC(S)CN1. The number of aliphatic hydroxyl groups is 1. The standard InChI is InChI=1S/C22H23NO8P2.C7H14N2OS/c1-13-18-17(14(2)24)21(25)23(18)19(22(26)28-32)20(13)31-33(27,29-15-9-5-3-6-10-15)30-16-11-7-4-8-12-16;1-9(2)7(10)6-3-5(11)4-8-6/h3-14,17-18,24H,32H2,1-2H3;5-6,8,11H,3-4H2,1-2H3. The van der Waals surface area contributed by atoms with E-state index >= 15 is 0 Å². The van der Waals surface area contributed by atoms with Gasteiger partial charge in [0.15, 0.2) is 5.70 Å². The first-order chi connectivity index (χ1) is 20.9. The van der Waals surface area contributed by atoms with Gasteiger partial charge in [0.1, 0.15) is 17.3 Å². The number of phosphoric ester groups is 1. The molecule has 2 amide bonds. The van der Waals surface area contributed by atoms with Gasteiger partial charge >= 0.3 is 13.8 Å². The van der Waals surface area contributed by atoms with E-state index in [2.05, 4.69) is 17.9 Å². The third-order valence-electron chi connectivity index (χ3n) is 7.39. The van der Waals surface area contributed by atoms with Crippen molar-refractivity contribution in [3.8, 4) is 11.5 Å². The number of benzene rings is 2. The average molecular weight is 666 g/mol. The highest BCUT2D eigenvalue weighted by Crippen LogP contribution is 2.57. The van der Waals surface area contributed by atoms with Crippen LogP contribution < -0.4 is 14.4 Å². The van der Waals surface area contributed by atoms with Crippen LogP contribution in [0.25, 0.3) is 0 Å². The first-order valence-corrected chi connectivity index (χ1v) is 16.4. The van der Waals surface area contributed by atoms with E-state index in [0.29, 0.717) is 5.25 Å². The number of amides is 2. The van der Waals surface area contributed by atoms with Crippen LogP contribution in [0, 0.1) is 11.8 Å². The number of nitrogens with zero attached hydrogens (tertiary/aromatic N) is 2. The van der Waals surface area contributed by atoms with Crippen molar-refractivity contribution < 1.29 is 42.2 Å². The van der Waals surface area contributed by atoms with Crippen LogP contribution in [0.1, 0.15) is 20.3 Å². The minimum absolute atomic E-state index is 0.00694. The fourth-order valence-electron chi connectivity index (χ4n) is 5.30. The van der Waals surface area contributed by atoms with Gasteiger partial charge in [-0.25, -0.2) is 4.79 Å². The Morgan fingerprint density at radius 1 is 1.07 bits per heavy atom. The van der Waals surface area contributed by atoms with Gasteiger partial charge in [-0.3, -0.25) is 14.5 Å². The van der Waals surface area contributed by atoms with Crippen LogP contribution in [0.15, 0.2) is 72.1 Å². The maximum absolute atomic E-state index is 13.8. The molecule has 12 nitrogen and oxygen atoms in total. The number of aliphatic hydroxyl groups excluding tert-OH is 1. The number of hydrogen-bond donors (Lipinski definition) is 3. The molecular formula is C29H37N3O9P2S. The van der Waals surface area contributed by atoms with E-state index in [1.165, 1.54) is 11.8 Å². The predicted octanol–water partition coefficient (Wildman–Crippen LogP) is 3.41. The zero-order chi connectivity index (χ0) is 32.2. The first kappa shape index (κ1) is 33.8. The van der Waals surface area contributed by atoms with E-state index in [4.69, 9.17) is 18.1 Å². The summed E-state index contributed by atoms with van der Waals surface area (Å²) in [6.45, 7) is 4.04. The lowest BCUT2D eigenvalue weighted by atomic mass is 9.79. The molecule has 3 heterocycles. The van der Waals surface area contributed by atoms with Gasteiger partial charge < -0.3 is 33.4 Å². The molecule has 0 saturated carbocycles. The van der Waals surface area contributed by atoms with Crippen LogP contribution in [0.2, 0.25) is 0 Å². The van der Waals surface area contributed by atoms with E-state index in [0.717, 1.165) is 13.0 Å². The number of carbonyl (C=O) groups excluding carboxylic acids is 3. The molecule has 2 aromatic rings. The number of phosphoric acid groups is 1. The van der Waals surface area contributed by atoms with Gasteiger partial charge in [-0.2, -0.15) is 17.2 Å². The van der Waals surface area contributed by atoms with Gasteiger partial charge in [0.2, 0.25) is 11.8 Å². The maximum atomic E-state index is 13.8. The highest BCUT2D eigenvalue weighted by Gasteiger charge is 2.62. The Labute approximate surface area is 264 Å². The molecule has 3 aliphatic heterocycles. The van der Waals surface area contributed by atoms with E-state index in [1.807, 2.05) is 9.47 Å². The Balaban J connectivity index is 0.000000339. The lowest BCUT2D eigenvalue weighted by Crippen LogP contribution is -2.63. The normalized spacial score (nSPS) is 24.8. The fourth-order valence-corrected chi connectivity index (χ4v) is 7.10. The third kappa shape index (κ3) is 7.41. The van der Waals surface area contributed by atoms with E-state index in [9.17, 15) is 24.1 Å².